The number of aromatic nitrogens is 2. The highest BCUT2D eigenvalue weighted by atomic mass is 19.1. The summed E-state index contributed by atoms with van der Waals surface area (Å²) in [5.41, 5.74) is 2.88. The molecule has 0 fully saturated rings. The van der Waals surface area contributed by atoms with E-state index in [1.807, 2.05) is 37.3 Å². The van der Waals surface area contributed by atoms with Gasteiger partial charge in [-0.2, -0.15) is 0 Å². The lowest BCUT2D eigenvalue weighted by atomic mass is 10.1. The van der Waals surface area contributed by atoms with Crippen LogP contribution >= 0.6 is 0 Å². The number of carbonyl (C=O) groups excluding carboxylic acids is 1. The number of hydrogen-bond acceptors (Lipinski definition) is 5. The summed E-state index contributed by atoms with van der Waals surface area (Å²) in [4.78, 5) is 21.6. The van der Waals surface area contributed by atoms with Crippen molar-refractivity contribution in [1.82, 2.24) is 15.3 Å². The molecule has 0 radical (unpaired) electrons. The van der Waals surface area contributed by atoms with E-state index >= 15 is 0 Å². The summed E-state index contributed by atoms with van der Waals surface area (Å²) in [5, 5.41) is 6.21. The van der Waals surface area contributed by atoms with Crippen molar-refractivity contribution in [2.75, 3.05) is 12.4 Å². The van der Waals surface area contributed by atoms with Crippen LogP contribution in [0.3, 0.4) is 0 Å². The third kappa shape index (κ3) is 5.51. The molecular weight excluding hydrogens is 419 g/mol. The molecule has 1 amide bonds. The van der Waals surface area contributed by atoms with Crippen LogP contribution in [-0.2, 0) is 0 Å². The van der Waals surface area contributed by atoms with E-state index in [1.54, 1.807) is 49.7 Å². The Morgan fingerprint density at radius 1 is 1.00 bits per heavy atom. The molecule has 1 atom stereocenters. The van der Waals surface area contributed by atoms with Gasteiger partial charge in [-0.3, -0.25) is 4.79 Å². The van der Waals surface area contributed by atoms with E-state index in [1.165, 1.54) is 12.1 Å². The van der Waals surface area contributed by atoms with Crippen LogP contribution < -0.4 is 15.4 Å². The SMILES string of the molecule is COc1cccc(C(C)NC(=O)c2cccc(Nc3ccnc(-c4ccc(F)cc4)n3)c2)c1. The first-order valence-corrected chi connectivity index (χ1v) is 10.4. The van der Waals surface area contributed by atoms with Crippen LogP contribution in [0, 0.1) is 5.82 Å². The van der Waals surface area contributed by atoms with Crippen molar-refractivity contribution in [2.45, 2.75) is 13.0 Å². The van der Waals surface area contributed by atoms with Crippen LogP contribution in [0.25, 0.3) is 11.4 Å². The number of amides is 1. The summed E-state index contributed by atoms with van der Waals surface area (Å²) in [6, 6.07) is 22.3. The Kier molecular flexibility index (Phi) is 6.59. The zero-order valence-electron chi connectivity index (χ0n) is 18.2. The number of carbonyl (C=O) groups is 1. The van der Waals surface area contributed by atoms with Gasteiger partial charge in [0, 0.05) is 23.0 Å². The molecule has 4 rings (SSSR count). The van der Waals surface area contributed by atoms with Gasteiger partial charge in [-0.15, -0.1) is 0 Å². The zero-order chi connectivity index (χ0) is 23.2. The van der Waals surface area contributed by atoms with Gasteiger partial charge < -0.3 is 15.4 Å². The molecule has 2 N–H and O–H groups in total. The van der Waals surface area contributed by atoms with Gasteiger partial charge in [0.2, 0.25) is 0 Å². The largest absolute Gasteiger partial charge is 0.497 e. The standard InChI is InChI=1S/C26H23FN4O2/c1-17(19-5-4-8-23(16-19)33-2)29-26(32)20-6-3-7-22(15-20)30-24-13-14-28-25(31-24)18-9-11-21(27)12-10-18/h3-17H,1-2H3,(H,29,32)(H,28,30,31). The third-order valence-corrected chi connectivity index (χ3v) is 5.10. The van der Waals surface area contributed by atoms with Crippen molar-refractivity contribution in [3.63, 3.8) is 0 Å². The Balaban J connectivity index is 1.47. The summed E-state index contributed by atoms with van der Waals surface area (Å²) in [6.07, 6.45) is 1.63. The van der Waals surface area contributed by atoms with Crippen LogP contribution in [0.15, 0.2) is 85.1 Å². The predicted octanol–water partition coefficient (Wildman–Crippen LogP) is 5.53. The molecule has 6 nitrogen and oxygen atoms in total. The molecule has 0 saturated carbocycles. The van der Waals surface area contributed by atoms with Gasteiger partial charge in [0.15, 0.2) is 5.82 Å². The van der Waals surface area contributed by atoms with Gasteiger partial charge in [0.25, 0.3) is 5.91 Å². The number of methoxy groups -OCH3 is 1. The van der Waals surface area contributed by atoms with E-state index in [2.05, 4.69) is 20.6 Å². The second-order valence-corrected chi connectivity index (χ2v) is 7.45. The van der Waals surface area contributed by atoms with Crippen LogP contribution in [0.1, 0.15) is 28.9 Å². The third-order valence-electron chi connectivity index (χ3n) is 5.10. The molecule has 0 bridgehead atoms. The minimum atomic E-state index is -0.316. The molecule has 1 unspecified atom stereocenters. The number of hydrogen-bond donors (Lipinski definition) is 2. The fourth-order valence-electron chi connectivity index (χ4n) is 3.33. The number of halogens is 1. The molecule has 7 heteroatoms. The van der Waals surface area contributed by atoms with Crippen LogP contribution in [-0.4, -0.2) is 23.0 Å². The maximum Gasteiger partial charge on any atom is 0.251 e. The fraction of sp³-hybridized carbons (Fsp3) is 0.115. The van der Waals surface area contributed by atoms with Gasteiger partial charge in [-0.1, -0.05) is 18.2 Å². The smallest absolute Gasteiger partial charge is 0.251 e. The number of ether oxygens (including phenoxy) is 1. The molecule has 166 valence electrons. The number of benzene rings is 3. The highest BCUT2D eigenvalue weighted by Gasteiger charge is 2.13. The predicted molar refractivity (Wildman–Crippen MR) is 126 cm³/mol. The maximum atomic E-state index is 13.2. The molecule has 3 aromatic carbocycles. The normalized spacial score (nSPS) is 11.5. The second kappa shape index (κ2) is 9.91. The first kappa shape index (κ1) is 22.0. The number of anilines is 2. The summed E-state index contributed by atoms with van der Waals surface area (Å²) in [6.45, 7) is 1.92. The van der Waals surface area contributed by atoms with Crippen LogP contribution in [0.5, 0.6) is 5.75 Å². The van der Waals surface area contributed by atoms with Crippen molar-refractivity contribution in [1.29, 1.82) is 0 Å². The van der Waals surface area contributed by atoms with Crippen LogP contribution in [0.4, 0.5) is 15.9 Å². The van der Waals surface area contributed by atoms with Crippen molar-refractivity contribution in [3.8, 4) is 17.1 Å². The van der Waals surface area contributed by atoms with Gasteiger partial charge >= 0.3 is 0 Å². The van der Waals surface area contributed by atoms with E-state index in [4.69, 9.17) is 4.74 Å². The molecule has 0 saturated heterocycles. The Morgan fingerprint density at radius 3 is 2.58 bits per heavy atom. The Hall–Kier alpha value is -4.26. The highest BCUT2D eigenvalue weighted by Crippen LogP contribution is 2.22. The van der Waals surface area contributed by atoms with Gasteiger partial charge in [-0.05, 0) is 73.2 Å². The molecule has 4 aromatic rings. The average molecular weight is 442 g/mol. The first-order chi connectivity index (χ1) is 16.0. The summed E-state index contributed by atoms with van der Waals surface area (Å²) in [7, 11) is 1.61. The summed E-state index contributed by atoms with van der Waals surface area (Å²) < 4.78 is 18.5. The molecule has 0 aliphatic heterocycles. The van der Waals surface area contributed by atoms with E-state index in [0.717, 1.165) is 11.3 Å². The van der Waals surface area contributed by atoms with Crippen molar-refractivity contribution in [3.05, 3.63) is 102 Å². The van der Waals surface area contributed by atoms with Crippen LogP contribution in [0.2, 0.25) is 0 Å². The van der Waals surface area contributed by atoms with Gasteiger partial charge in [-0.25, -0.2) is 14.4 Å². The van der Waals surface area contributed by atoms with E-state index in [9.17, 15) is 9.18 Å². The highest BCUT2D eigenvalue weighted by molar-refractivity contribution is 5.95. The Morgan fingerprint density at radius 2 is 1.79 bits per heavy atom. The number of rotatable bonds is 7. The van der Waals surface area contributed by atoms with Gasteiger partial charge in [0.05, 0.1) is 13.2 Å². The van der Waals surface area contributed by atoms with E-state index in [0.29, 0.717) is 28.5 Å². The van der Waals surface area contributed by atoms with E-state index < -0.39 is 0 Å². The topological polar surface area (TPSA) is 76.1 Å². The second-order valence-electron chi connectivity index (χ2n) is 7.45. The summed E-state index contributed by atoms with van der Waals surface area (Å²) in [5.74, 6) is 1.27. The summed E-state index contributed by atoms with van der Waals surface area (Å²) >= 11 is 0. The monoisotopic (exact) mass is 442 g/mol. The molecule has 0 aliphatic rings. The fourth-order valence-corrected chi connectivity index (χ4v) is 3.33. The van der Waals surface area contributed by atoms with E-state index in [-0.39, 0.29) is 17.8 Å². The average Bonchev–Trinajstić information content (AvgIpc) is 2.85. The zero-order valence-corrected chi connectivity index (χ0v) is 18.2. The molecular formula is C26H23FN4O2. The molecule has 1 aromatic heterocycles. The van der Waals surface area contributed by atoms with Crippen molar-refractivity contribution >= 4 is 17.4 Å². The quantitative estimate of drug-likeness (QED) is 0.394. The number of nitrogens with zero attached hydrogens (tertiary/aromatic N) is 2. The lowest BCUT2D eigenvalue weighted by Gasteiger charge is -2.16. The maximum absolute atomic E-state index is 13.2. The minimum absolute atomic E-state index is 0.190. The Labute approximate surface area is 191 Å². The minimum Gasteiger partial charge on any atom is -0.497 e. The van der Waals surface area contributed by atoms with Crippen molar-refractivity contribution < 1.29 is 13.9 Å². The lowest BCUT2D eigenvalue weighted by molar-refractivity contribution is 0.0940. The van der Waals surface area contributed by atoms with Gasteiger partial charge in [0.1, 0.15) is 17.4 Å². The molecule has 0 aliphatic carbocycles. The number of nitrogens with one attached hydrogen (secondary N) is 2. The molecule has 33 heavy (non-hydrogen) atoms. The molecule has 0 spiro atoms. The lowest BCUT2D eigenvalue weighted by Crippen LogP contribution is -2.26. The van der Waals surface area contributed by atoms with Crippen molar-refractivity contribution in [2.24, 2.45) is 0 Å². The Bertz CT molecular complexity index is 1260. The molecule has 1 heterocycles. The first-order valence-electron chi connectivity index (χ1n) is 10.4.